The lowest BCUT2D eigenvalue weighted by Crippen LogP contribution is -2.15. The maximum Gasteiger partial charge on any atom is 0.212 e. The lowest BCUT2D eigenvalue weighted by atomic mass is 9.95. The summed E-state index contributed by atoms with van der Waals surface area (Å²) in [5.74, 6) is 0.824. The van der Waals surface area contributed by atoms with E-state index in [1.807, 2.05) is 13.0 Å². The second-order valence-corrected chi connectivity index (χ2v) is 9.19. The number of anilines is 2. The Morgan fingerprint density at radius 1 is 1.09 bits per heavy atom. The Labute approximate surface area is 150 Å². The molecule has 3 heterocycles. The number of hydrogen-bond donors (Lipinski definition) is 1. The number of nitrogens with zero attached hydrogens (tertiary/aromatic N) is 5. The zero-order valence-corrected chi connectivity index (χ0v) is 16.3. The van der Waals surface area contributed by atoms with Crippen LogP contribution in [0.3, 0.4) is 0 Å². The van der Waals surface area contributed by atoms with Crippen LogP contribution in [0.4, 0.5) is 10.3 Å². The highest BCUT2D eigenvalue weighted by molar-refractivity contribution is 9.11. The molecule has 0 saturated carbocycles. The molecule has 0 aliphatic carbocycles. The van der Waals surface area contributed by atoms with Crippen LogP contribution < -0.4 is 5.32 Å². The SMILES string of the molecule is Cc1nc(Nc2nnc(Br)s2)sc1-c1ccnc(C(C)(C)C)n1. The molecule has 6 nitrogen and oxygen atoms in total. The molecule has 0 unspecified atom stereocenters. The molecule has 120 valence electrons. The van der Waals surface area contributed by atoms with Gasteiger partial charge in [0.2, 0.25) is 5.13 Å². The highest BCUT2D eigenvalue weighted by Gasteiger charge is 2.19. The van der Waals surface area contributed by atoms with Crippen LogP contribution in [0.25, 0.3) is 10.6 Å². The van der Waals surface area contributed by atoms with Crippen LogP contribution in [0.1, 0.15) is 32.3 Å². The lowest BCUT2D eigenvalue weighted by molar-refractivity contribution is 0.546. The summed E-state index contributed by atoms with van der Waals surface area (Å²) in [5.41, 5.74) is 1.74. The van der Waals surface area contributed by atoms with E-state index in [0.717, 1.165) is 31.1 Å². The normalized spacial score (nSPS) is 11.7. The number of halogens is 1. The van der Waals surface area contributed by atoms with Crippen molar-refractivity contribution in [1.29, 1.82) is 0 Å². The predicted octanol–water partition coefficient (Wildman–Crippen LogP) is 4.56. The molecule has 0 bridgehead atoms. The molecular formula is C14H15BrN6S2. The highest BCUT2D eigenvalue weighted by Crippen LogP contribution is 2.34. The standard InChI is InChI=1S/C14H15BrN6S2/c1-7-9(8-5-6-16-10(18-8)14(2,3)4)22-12(17-7)19-13-21-20-11(15)23-13/h5-6H,1-4H3,(H,17,19,21). The molecule has 0 fully saturated rings. The molecule has 1 N–H and O–H groups in total. The number of aromatic nitrogens is 5. The summed E-state index contributed by atoms with van der Waals surface area (Å²) in [6.07, 6.45) is 1.80. The van der Waals surface area contributed by atoms with E-state index in [0.29, 0.717) is 5.13 Å². The fraction of sp³-hybridized carbons (Fsp3) is 0.357. The van der Waals surface area contributed by atoms with E-state index >= 15 is 0 Å². The maximum atomic E-state index is 4.70. The van der Waals surface area contributed by atoms with Crippen LogP contribution >= 0.6 is 38.6 Å². The van der Waals surface area contributed by atoms with Gasteiger partial charge in [-0.2, -0.15) is 0 Å². The van der Waals surface area contributed by atoms with E-state index in [2.05, 4.69) is 62.2 Å². The highest BCUT2D eigenvalue weighted by atomic mass is 79.9. The van der Waals surface area contributed by atoms with Gasteiger partial charge in [-0.05, 0) is 28.9 Å². The third-order valence-corrected chi connectivity index (χ3v) is 5.34. The molecule has 0 aromatic carbocycles. The van der Waals surface area contributed by atoms with Gasteiger partial charge in [0.25, 0.3) is 0 Å². The van der Waals surface area contributed by atoms with Crippen LogP contribution in [0.2, 0.25) is 0 Å². The molecule has 0 saturated heterocycles. The third-order valence-electron chi connectivity index (χ3n) is 2.97. The van der Waals surface area contributed by atoms with E-state index in [1.54, 1.807) is 17.5 Å². The maximum absolute atomic E-state index is 4.70. The molecule has 0 atom stereocenters. The van der Waals surface area contributed by atoms with E-state index in [1.165, 1.54) is 11.3 Å². The van der Waals surface area contributed by atoms with Crippen molar-refractivity contribution in [3.63, 3.8) is 0 Å². The summed E-state index contributed by atoms with van der Waals surface area (Å²) in [7, 11) is 0. The Kier molecular flexibility index (Phi) is 4.43. The van der Waals surface area contributed by atoms with Gasteiger partial charge in [0.05, 0.1) is 16.3 Å². The van der Waals surface area contributed by atoms with Crippen molar-refractivity contribution in [2.75, 3.05) is 5.32 Å². The Bertz CT molecular complexity index is 836. The number of aryl methyl sites for hydroxylation is 1. The monoisotopic (exact) mass is 410 g/mol. The molecule has 3 aromatic rings. The summed E-state index contributed by atoms with van der Waals surface area (Å²) in [5, 5.41) is 12.6. The largest absolute Gasteiger partial charge is 0.306 e. The Hall–Kier alpha value is -1.45. The van der Waals surface area contributed by atoms with Crippen LogP contribution in [0.15, 0.2) is 16.2 Å². The van der Waals surface area contributed by atoms with E-state index in [4.69, 9.17) is 4.98 Å². The van der Waals surface area contributed by atoms with Gasteiger partial charge in [0.1, 0.15) is 5.82 Å². The van der Waals surface area contributed by atoms with Gasteiger partial charge in [0, 0.05) is 11.6 Å². The summed E-state index contributed by atoms with van der Waals surface area (Å²) in [6, 6.07) is 1.92. The molecule has 0 amide bonds. The topological polar surface area (TPSA) is 76.5 Å². The van der Waals surface area contributed by atoms with E-state index in [9.17, 15) is 0 Å². The number of rotatable bonds is 3. The van der Waals surface area contributed by atoms with Crippen molar-refractivity contribution < 1.29 is 0 Å². The summed E-state index contributed by atoms with van der Waals surface area (Å²) >= 11 is 6.27. The molecule has 0 spiro atoms. The molecule has 9 heteroatoms. The first-order valence-electron chi connectivity index (χ1n) is 6.90. The van der Waals surface area contributed by atoms with E-state index < -0.39 is 0 Å². The Balaban J connectivity index is 1.92. The van der Waals surface area contributed by atoms with Crippen LogP contribution in [0, 0.1) is 6.92 Å². The number of nitrogens with one attached hydrogen (secondary N) is 1. The molecule has 3 rings (SSSR count). The van der Waals surface area contributed by atoms with Gasteiger partial charge in [-0.1, -0.05) is 43.4 Å². The van der Waals surface area contributed by atoms with Crippen molar-refractivity contribution in [2.24, 2.45) is 0 Å². The average molecular weight is 411 g/mol. The molecule has 0 radical (unpaired) electrons. The van der Waals surface area contributed by atoms with Crippen LogP contribution in [-0.4, -0.2) is 25.1 Å². The molecular weight excluding hydrogens is 396 g/mol. The van der Waals surface area contributed by atoms with Crippen molar-refractivity contribution in [1.82, 2.24) is 25.1 Å². The van der Waals surface area contributed by atoms with Crippen molar-refractivity contribution in [2.45, 2.75) is 33.1 Å². The predicted molar refractivity (Wildman–Crippen MR) is 97.5 cm³/mol. The third kappa shape index (κ3) is 3.73. The smallest absolute Gasteiger partial charge is 0.212 e. The van der Waals surface area contributed by atoms with Gasteiger partial charge < -0.3 is 5.32 Å². The minimum Gasteiger partial charge on any atom is -0.306 e. The fourth-order valence-electron chi connectivity index (χ4n) is 1.88. The van der Waals surface area contributed by atoms with E-state index in [-0.39, 0.29) is 5.41 Å². The first kappa shape index (κ1) is 16.4. The zero-order valence-electron chi connectivity index (χ0n) is 13.1. The molecule has 23 heavy (non-hydrogen) atoms. The van der Waals surface area contributed by atoms with Gasteiger partial charge in [-0.15, -0.1) is 10.2 Å². The summed E-state index contributed by atoms with van der Waals surface area (Å²) in [4.78, 5) is 14.7. The fourth-order valence-corrected chi connectivity index (χ4v) is 3.89. The summed E-state index contributed by atoms with van der Waals surface area (Å²) < 4.78 is 0.735. The first-order valence-corrected chi connectivity index (χ1v) is 9.33. The zero-order chi connectivity index (χ0) is 16.6. The minimum absolute atomic E-state index is 0.0888. The van der Waals surface area contributed by atoms with Gasteiger partial charge in [-0.3, -0.25) is 0 Å². The molecule has 3 aromatic heterocycles. The average Bonchev–Trinajstić information content (AvgIpc) is 3.04. The van der Waals surface area contributed by atoms with Crippen molar-refractivity contribution in [3.8, 4) is 10.6 Å². The van der Waals surface area contributed by atoms with Crippen molar-refractivity contribution >= 4 is 48.9 Å². The van der Waals surface area contributed by atoms with Gasteiger partial charge in [-0.25, -0.2) is 15.0 Å². The quantitative estimate of drug-likeness (QED) is 0.681. The summed E-state index contributed by atoms with van der Waals surface area (Å²) in [6.45, 7) is 8.29. The first-order chi connectivity index (χ1) is 10.8. The minimum atomic E-state index is -0.0888. The molecule has 0 aliphatic heterocycles. The second-order valence-electron chi connectivity index (χ2n) is 5.93. The second kappa shape index (κ2) is 6.21. The van der Waals surface area contributed by atoms with Crippen LogP contribution in [-0.2, 0) is 5.41 Å². The van der Waals surface area contributed by atoms with Crippen molar-refractivity contribution in [3.05, 3.63) is 27.7 Å². The number of thiazole rings is 1. The number of hydrogen-bond acceptors (Lipinski definition) is 8. The van der Waals surface area contributed by atoms with Crippen LogP contribution in [0.5, 0.6) is 0 Å². The Morgan fingerprint density at radius 3 is 2.52 bits per heavy atom. The van der Waals surface area contributed by atoms with Gasteiger partial charge >= 0.3 is 0 Å². The Morgan fingerprint density at radius 2 is 1.87 bits per heavy atom. The molecule has 0 aliphatic rings. The van der Waals surface area contributed by atoms with Gasteiger partial charge in [0.15, 0.2) is 9.05 Å². The lowest BCUT2D eigenvalue weighted by Gasteiger charge is -2.16.